The molecular formula is C29H32N2O11. The van der Waals surface area contributed by atoms with Crippen LogP contribution in [-0.4, -0.2) is 72.5 Å². The van der Waals surface area contributed by atoms with E-state index in [0.717, 1.165) is 0 Å². The molecule has 13 nitrogen and oxygen atoms in total. The molecule has 0 saturated carbocycles. The Morgan fingerprint density at radius 3 is 2.67 bits per heavy atom. The third kappa shape index (κ3) is 6.67. The lowest BCUT2D eigenvalue weighted by Gasteiger charge is -2.48. The van der Waals surface area contributed by atoms with Crippen molar-refractivity contribution < 1.29 is 48.0 Å². The van der Waals surface area contributed by atoms with Gasteiger partial charge >= 0.3 is 11.7 Å². The number of carbonyl (C=O) groups is 1. The van der Waals surface area contributed by atoms with Crippen molar-refractivity contribution in [1.29, 1.82) is 0 Å². The lowest BCUT2D eigenvalue weighted by molar-refractivity contribution is -0.309. The van der Waals surface area contributed by atoms with Gasteiger partial charge in [-0.25, -0.2) is 9.59 Å². The number of amides is 1. The maximum atomic E-state index is 12.8. The number of aliphatic hydroxyl groups excluding tert-OH is 1. The predicted molar refractivity (Wildman–Crippen MR) is 150 cm³/mol. The van der Waals surface area contributed by atoms with E-state index in [1.807, 2.05) is 5.48 Å². The Morgan fingerprint density at radius 1 is 1.31 bits per heavy atom. The molecule has 0 radical (unpaired) electrons. The summed E-state index contributed by atoms with van der Waals surface area (Å²) in [5.74, 6) is 4.18. The van der Waals surface area contributed by atoms with Crippen LogP contribution in [0, 0.1) is 31.6 Å². The van der Waals surface area contributed by atoms with Crippen LogP contribution < -0.4 is 15.8 Å². The molecule has 42 heavy (non-hydrogen) atoms. The Bertz CT molecular complexity index is 1490. The molecule has 1 aromatic heterocycles. The van der Waals surface area contributed by atoms with Gasteiger partial charge in [0.15, 0.2) is 18.8 Å². The second kappa shape index (κ2) is 13.9. The summed E-state index contributed by atoms with van der Waals surface area (Å²) in [7, 11) is 1.37. The first kappa shape index (κ1) is 32.0. The van der Waals surface area contributed by atoms with E-state index in [4.69, 9.17) is 45.9 Å². The van der Waals surface area contributed by atoms with Crippen molar-refractivity contribution in [2.24, 2.45) is 5.16 Å². The molecule has 3 N–H and O–H groups in total. The van der Waals surface area contributed by atoms with Gasteiger partial charge in [0.2, 0.25) is 6.29 Å². The number of benzene rings is 1. The number of hydrogen-bond acceptors (Lipinski definition) is 12. The van der Waals surface area contributed by atoms with Gasteiger partial charge in [0.1, 0.15) is 41.0 Å². The van der Waals surface area contributed by atoms with Gasteiger partial charge < -0.3 is 38.4 Å². The molecule has 1 amide bonds. The van der Waals surface area contributed by atoms with Gasteiger partial charge in [-0.15, -0.1) is 19.4 Å². The zero-order chi connectivity index (χ0) is 31.0. The van der Waals surface area contributed by atoms with Crippen LogP contribution in [0.2, 0.25) is 0 Å². The van der Waals surface area contributed by atoms with Crippen molar-refractivity contribution in [2.45, 2.75) is 57.4 Å². The molecule has 0 aliphatic carbocycles. The highest BCUT2D eigenvalue weighted by atomic mass is 16.7. The van der Waals surface area contributed by atoms with E-state index in [0.29, 0.717) is 5.56 Å². The fourth-order valence-electron chi connectivity index (χ4n) is 4.58. The van der Waals surface area contributed by atoms with Crippen LogP contribution in [0.1, 0.15) is 31.4 Å². The lowest BCUT2D eigenvalue weighted by Crippen LogP contribution is -2.66. The van der Waals surface area contributed by atoms with Gasteiger partial charge in [0.05, 0.1) is 11.1 Å². The first-order valence-corrected chi connectivity index (χ1v) is 12.6. The molecule has 224 valence electrons. The summed E-state index contributed by atoms with van der Waals surface area (Å²) in [5, 5.41) is 26.0. The summed E-state index contributed by atoms with van der Waals surface area (Å²) in [5.41, 5.74) is 0.148. The van der Waals surface area contributed by atoms with Crippen LogP contribution >= 0.6 is 0 Å². The molecular weight excluding hydrogens is 552 g/mol. The number of methoxy groups -OCH3 is 1. The minimum Gasteiger partial charge on any atom is -0.506 e. The highest BCUT2D eigenvalue weighted by Gasteiger charge is 2.55. The fourth-order valence-corrected chi connectivity index (χ4v) is 4.58. The number of carbonyl (C=O) groups excluding carboxylic acids is 1. The molecule has 0 spiro atoms. The Balaban J connectivity index is 1.98. The van der Waals surface area contributed by atoms with Gasteiger partial charge in [-0.1, -0.05) is 23.1 Å². The van der Waals surface area contributed by atoms with Crippen LogP contribution in [0.4, 0.5) is 4.79 Å². The molecule has 1 saturated heterocycles. The number of hydrogen-bond donors (Lipinski definition) is 3. The number of fused-ring (bicyclic) bond motifs is 1. The van der Waals surface area contributed by atoms with Gasteiger partial charge in [-0.3, -0.25) is 4.84 Å². The average Bonchev–Trinajstić information content (AvgIpc) is 2.93. The van der Waals surface area contributed by atoms with E-state index in [-0.39, 0.29) is 53.4 Å². The number of oxime groups is 1. The maximum Gasteiger partial charge on any atom is 0.431 e. The molecule has 1 aromatic carbocycles. The van der Waals surface area contributed by atoms with Crippen molar-refractivity contribution in [1.82, 2.24) is 5.48 Å². The van der Waals surface area contributed by atoms with E-state index < -0.39 is 41.9 Å². The fraction of sp³-hybridized carbons (Fsp3) is 0.414. The van der Waals surface area contributed by atoms with Crippen LogP contribution in [0.3, 0.4) is 0 Å². The van der Waals surface area contributed by atoms with E-state index in [1.165, 1.54) is 26.2 Å². The zero-order valence-electron chi connectivity index (χ0n) is 23.5. The topological polar surface area (TPSA) is 168 Å². The molecule has 1 fully saturated rings. The standard InChI is InChI=1S/C29H32N2O11/c1-8-13-29(6)25(36-7)24(41-28(35)31-38-15-10-3)22(33)27(42-29)39-19-12-11-18-21(32)20(17(5)30-37-14-9-2)26(34)40-23(18)16(19)4/h2-3,8,11-12,22,24-25,27,32-33H,1,13-15H2,4-7H3,(H,31,35)/t22-,24+,25-,27-,29+/m1/s1. The zero-order valence-corrected chi connectivity index (χ0v) is 23.5. The number of ether oxygens (including phenoxy) is 4. The smallest absolute Gasteiger partial charge is 0.431 e. The van der Waals surface area contributed by atoms with Crippen LogP contribution in [0.15, 0.2) is 39.2 Å². The average molecular weight is 585 g/mol. The number of nitrogens with zero attached hydrogens (tertiary/aromatic N) is 1. The van der Waals surface area contributed by atoms with E-state index in [2.05, 4.69) is 23.6 Å². The van der Waals surface area contributed by atoms with Crippen molar-refractivity contribution in [2.75, 3.05) is 20.3 Å². The van der Waals surface area contributed by atoms with Gasteiger partial charge in [-0.05, 0) is 39.3 Å². The Kier molecular flexibility index (Phi) is 10.6. The molecule has 3 rings (SSSR count). The first-order chi connectivity index (χ1) is 20.0. The number of aliphatic hydroxyl groups is 1. The van der Waals surface area contributed by atoms with Crippen LogP contribution in [-0.2, 0) is 23.9 Å². The van der Waals surface area contributed by atoms with Crippen molar-refractivity contribution in [3.63, 3.8) is 0 Å². The second-order valence-corrected chi connectivity index (χ2v) is 9.35. The van der Waals surface area contributed by atoms with E-state index >= 15 is 0 Å². The first-order valence-electron chi connectivity index (χ1n) is 12.6. The number of nitrogens with one attached hydrogen (secondary N) is 1. The Hall–Kier alpha value is -4.53. The van der Waals surface area contributed by atoms with Gasteiger partial charge in [-0.2, -0.15) is 5.48 Å². The Labute approximate surface area is 241 Å². The largest absolute Gasteiger partial charge is 0.506 e. The van der Waals surface area contributed by atoms with Crippen molar-refractivity contribution in [3.05, 3.63) is 46.3 Å². The second-order valence-electron chi connectivity index (χ2n) is 9.35. The molecule has 13 heteroatoms. The molecule has 1 aliphatic heterocycles. The highest BCUT2D eigenvalue weighted by molar-refractivity contribution is 6.04. The summed E-state index contributed by atoms with van der Waals surface area (Å²) < 4.78 is 28.7. The number of rotatable bonds is 11. The summed E-state index contributed by atoms with van der Waals surface area (Å²) in [6, 6.07) is 2.94. The molecule has 2 aromatic rings. The van der Waals surface area contributed by atoms with Gasteiger partial charge in [0.25, 0.3) is 0 Å². The van der Waals surface area contributed by atoms with Gasteiger partial charge in [0, 0.05) is 12.7 Å². The maximum absolute atomic E-state index is 12.8. The number of hydroxylamine groups is 1. The van der Waals surface area contributed by atoms with E-state index in [1.54, 1.807) is 19.9 Å². The monoisotopic (exact) mass is 584 g/mol. The molecule has 5 atom stereocenters. The number of aryl methyl sites for hydroxylation is 1. The number of aromatic hydroxyl groups is 1. The predicted octanol–water partition coefficient (Wildman–Crippen LogP) is 2.29. The quantitative estimate of drug-likeness (QED) is 0.0885. The SMILES string of the molecule is C#CCON=C(C)c1c(O)c2ccc(O[C@@H]3O[C@@](C)(CC=C)[C@H](OC)[C@@H](OC(=O)NOCC#C)[C@H]3O)c(C)c2oc1=O. The number of terminal acetylenes is 2. The van der Waals surface area contributed by atoms with Crippen LogP contribution in [0.5, 0.6) is 11.5 Å². The Morgan fingerprint density at radius 2 is 2.02 bits per heavy atom. The van der Waals surface area contributed by atoms with Crippen molar-refractivity contribution in [3.8, 4) is 36.2 Å². The summed E-state index contributed by atoms with van der Waals surface area (Å²) >= 11 is 0. The summed E-state index contributed by atoms with van der Waals surface area (Å²) in [4.78, 5) is 34.8. The molecule has 0 unspecified atom stereocenters. The summed E-state index contributed by atoms with van der Waals surface area (Å²) in [6.07, 6.45) is 5.80. The van der Waals surface area contributed by atoms with Crippen molar-refractivity contribution >= 4 is 22.8 Å². The van der Waals surface area contributed by atoms with Crippen LogP contribution in [0.25, 0.3) is 11.0 Å². The van der Waals surface area contributed by atoms with E-state index in [9.17, 15) is 19.8 Å². The summed E-state index contributed by atoms with van der Waals surface area (Å²) in [6.45, 7) is 8.12. The third-order valence-corrected chi connectivity index (χ3v) is 6.46. The normalized spacial score (nSPS) is 23.8. The minimum absolute atomic E-state index is 0.0165. The molecule has 1 aliphatic rings. The molecule has 2 heterocycles. The minimum atomic E-state index is -1.56. The lowest BCUT2D eigenvalue weighted by atomic mass is 9.85. The molecule has 0 bridgehead atoms. The third-order valence-electron chi connectivity index (χ3n) is 6.46. The highest BCUT2D eigenvalue weighted by Crippen LogP contribution is 2.39.